The molecule has 0 unspecified atom stereocenters. The van der Waals surface area contributed by atoms with Gasteiger partial charge in [0, 0.05) is 27.7 Å². The molecule has 0 saturated heterocycles. The lowest BCUT2D eigenvalue weighted by molar-refractivity contribution is -0.136. The Bertz CT molecular complexity index is 1580. The van der Waals surface area contributed by atoms with Crippen LogP contribution in [0.2, 0.25) is 5.02 Å². The number of ether oxygens (including phenoxy) is 1. The molecule has 32 heavy (non-hydrogen) atoms. The highest BCUT2D eigenvalue weighted by Gasteiger charge is 2.33. The van der Waals surface area contributed by atoms with E-state index in [1.807, 2.05) is 48.7 Å². The van der Waals surface area contributed by atoms with Gasteiger partial charge >= 0.3 is 5.97 Å². The lowest BCUT2D eigenvalue weighted by atomic mass is 9.96. The SMILES string of the molecule is COC(=O)C1=C(C)N=c2s/c(=C\c3c[nH]c4ccccc34)c(=O)n2[C@H]1c1ccc(Cl)cc1. The molecule has 6 nitrogen and oxygen atoms in total. The maximum atomic E-state index is 13.6. The Morgan fingerprint density at radius 3 is 2.72 bits per heavy atom. The Hall–Kier alpha value is -3.42. The van der Waals surface area contributed by atoms with E-state index in [0.29, 0.717) is 25.6 Å². The zero-order valence-electron chi connectivity index (χ0n) is 17.3. The van der Waals surface area contributed by atoms with Crippen LogP contribution >= 0.6 is 22.9 Å². The largest absolute Gasteiger partial charge is 0.466 e. The van der Waals surface area contributed by atoms with Gasteiger partial charge in [-0.25, -0.2) is 9.79 Å². The van der Waals surface area contributed by atoms with Gasteiger partial charge in [0.05, 0.1) is 29.0 Å². The van der Waals surface area contributed by atoms with Crippen LogP contribution in [0.1, 0.15) is 24.1 Å². The van der Waals surface area contributed by atoms with Gasteiger partial charge in [0.15, 0.2) is 4.80 Å². The van der Waals surface area contributed by atoms with Gasteiger partial charge in [-0.1, -0.05) is 53.3 Å². The van der Waals surface area contributed by atoms with Crippen molar-refractivity contribution in [2.45, 2.75) is 13.0 Å². The Labute approximate surface area is 191 Å². The molecule has 0 aliphatic carbocycles. The molecule has 0 bridgehead atoms. The zero-order valence-corrected chi connectivity index (χ0v) is 18.8. The molecular weight excluding hydrogens is 446 g/mol. The highest BCUT2D eigenvalue weighted by Crippen LogP contribution is 2.31. The fourth-order valence-electron chi connectivity index (χ4n) is 4.01. The summed E-state index contributed by atoms with van der Waals surface area (Å²) in [6.07, 6.45) is 3.74. The number of para-hydroxylation sites is 1. The van der Waals surface area contributed by atoms with Gasteiger partial charge < -0.3 is 9.72 Å². The van der Waals surface area contributed by atoms with Gasteiger partial charge in [-0.15, -0.1) is 0 Å². The molecule has 1 aliphatic rings. The highest BCUT2D eigenvalue weighted by atomic mass is 35.5. The van der Waals surface area contributed by atoms with E-state index in [0.717, 1.165) is 22.0 Å². The van der Waals surface area contributed by atoms with Gasteiger partial charge in [-0.2, -0.15) is 0 Å². The number of carbonyl (C=O) groups excluding carboxylic acids is 1. The lowest BCUT2D eigenvalue weighted by Gasteiger charge is -2.24. The van der Waals surface area contributed by atoms with Crippen molar-refractivity contribution in [1.29, 1.82) is 0 Å². The van der Waals surface area contributed by atoms with Crippen LogP contribution in [0.4, 0.5) is 0 Å². The second kappa shape index (κ2) is 7.93. The fraction of sp³-hybridized carbons (Fsp3) is 0.125. The van der Waals surface area contributed by atoms with Gasteiger partial charge in [0.2, 0.25) is 0 Å². The van der Waals surface area contributed by atoms with E-state index < -0.39 is 12.0 Å². The first-order valence-corrected chi connectivity index (χ1v) is 11.1. The molecule has 0 spiro atoms. The molecule has 4 aromatic rings. The van der Waals surface area contributed by atoms with Gasteiger partial charge in [-0.3, -0.25) is 9.36 Å². The van der Waals surface area contributed by atoms with Crippen LogP contribution in [0.15, 0.2) is 75.8 Å². The van der Waals surface area contributed by atoms with E-state index in [9.17, 15) is 9.59 Å². The minimum atomic E-state index is -0.652. The molecule has 0 saturated carbocycles. The van der Waals surface area contributed by atoms with Crippen LogP contribution < -0.4 is 14.9 Å². The zero-order chi connectivity index (χ0) is 22.4. The number of methoxy groups -OCH3 is 1. The van der Waals surface area contributed by atoms with Crippen LogP contribution in [0.3, 0.4) is 0 Å². The quantitative estimate of drug-likeness (QED) is 0.472. The van der Waals surface area contributed by atoms with Crippen molar-refractivity contribution in [3.8, 4) is 0 Å². The van der Waals surface area contributed by atoms with E-state index in [1.54, 1.807) is 23.6 Å². The minimum Gasteiger partial charge on any atom is -0.466 e. The smallest absolute Gasteiger partial charge is 0.338 e. The number of aromatic nitrogens is 2. The van der Waals surface area contributed by atoms with E-state index in [2.05, 4.69) is 9.98 Å². The Balaban J connectivity index is 1.76. The molecule has 0 amide bonds. The number of halogens is 1. The predicted octanol–water partition coefficient (Wildman–Crippen LogP) is 3.54. The van der Waals surface area contributed by atoms with E-state index in [1.165, 1.54) is 18.4 Å². The first-order valence-electron chi connectivity index (χ1n) is 9.90. The van der Waals surface area contributed by atoms with Crippen LogP contribution in [0.5, 0.6) is 0 Å². The van der Waals surface area contributed by atoms with Crippen molar-refractivity contribution in [2.24, 2.45) is 4.99 Å². The number of thiazole rings is 1. The molecule has 3 heterocycles. The second-order valence-electron chi connectivity index (χ2n) is 7.41. The number of allylic oxidation sites excluding steroid dienone is 1. The van der Waals surface area contributed by atoms with Crippen LogP contribution in [-0.4, -0.2) is 22.6 Å². The first kappa shape index (κ1) is 20.5. The van der Waals surface area contributed by atoms with Crippen LogP contribution in [-0.2, 0) is 9.53 Å². The standard InChI is InChI=1S/C24H18ClN3O3S/c1-13-20(23(30)31-2)21(14-7-9-16(25)10-8-14)28-22(29)19(32-24(28)27-13)11-15-12-26-18-6-4-3-5-17(15)18/h3-12,21,26H,1-2H3/b19-11-/t21-/m0/s1. The third-order valence-electron chi connectivity index (χ3n) is 5.52. The third kappa shape index (κ3) is 3.30. The summed E-state index contributed by atoms with van der Waals surface area (Å²) in [5.41, 5.74) is 3.31. The summed E-state index contributed by atoms with van der Waals surface area (Å²) in [6.45, 7) is 1.76. The maximum absolute atomic E-state index is 13.6. The number of carbonyl (C=O) groups is 1. The number of nitrogens with zero attached hydrogens (tertiary/aromatic N) is 2. The number of benzene rings is 2. The number of rotatable bonds is 3. The molecule has 0 radical (unpaired) electrons. The number of aromatic amines is 1. The summed E-state index contributed by atoms with van der Waals surface area (Å²) in [5.74, 6) is -0.517. The number of hydrogen-bond acceptors (Lipinski definition) is 5. The monoisotopic (exact) mass is 463 g/mol. The number of H-pyrrole nitrogens is 1. The predicted molar refractivity (Wildman–Crippen MR) is 126 cm³/mol. The summed E-state index contributed by atoms with van der Waals surface area (Å²) in [7, 11) is 1.32. The van der Waals surface area contributed by atoms with E-state index in [4.69, 9.17) is 16.3 Å². The van der Waals surface area contributed by atoms with Crippen LogP contribution in [0.25, 0.3) is 17.0 Å². The average Bonchev–Trinajstić information content (AvgIpc) is 3.34. The Morgan fingerprint density at radius 1 is 1.22 bits per heavy atom. The van der Waals surface area contributed by atoms with E-state index >= 15 is 0 Å². The van der Waals surface area contributed by atoms with Gasteiger partial charge in [0.25, 0.3) is 5.56 Å². The van der Waals surface area contributed by atoms with E-state index in [-0.39, 0.29) is 5.56 Å². The molecule has 1 N–H and O–H groups in total. The summed E-state index contributed by atoms with van der Waals surface area (Å²) in [5, 5.41) is 1.60. The second-order valence-corrected chi connectivity index (χ2v) is 8.86. The third-order valence-corrected chi connectivity index (χ3v) is 6.76. The molecule has 1 aliphatic heterocycles. The highest BCUT2D eigenvalue weighted by molar-refractivity contribution is 7.07. The Kier molecular flexibility index (Phi) is 5.07. The molecule has 0 fully saturated rings. The van der Waals surface area contributed by atoms with Gasteiger partial charge in [-0.05, 0) is 36.8 Å². The molecule has 160 valence electrons. The molecule has 2 aromatic carbocycles. The number of esters is 1. The molecular formula is C24H18ClN3O3S. The van der Waals surface area contributed by atoms with Crippen molar-refractivity contribution in [3.63, 3.8) is 0 Å². The first-order chi connectivity index (χ1) is 15.5. The van der Waals surface area contributed by atoms with Crippen molar-refractivity contribution in [3.05, 3.63) is 102 Å². The molecule has 8 heteroatoms. The maximum Gasteiger partial charge on any atom is 0.338 e. The summed E-state index contributed by atoms with van der Waals surface area (Å²) < 4.78 is 7.12. The van der Waals surface area contributed by atoms with Crippen molar-refractivity contribution in [2.75, 3.05) is 7.11 Å². The minimum absolute atomic E-state index is 0.215. The summed E-state index contributed by atoms with van der Waals surface area (Å²) >= 11 is 7.37. The lowest BCUT2D eigenvalue weighted by Crippen LogP contribution is -2.39. The summed E-state index contributed by atoms with van der Waals surface area (Å²) in [6, 6.07) is 14.4. The van der Waals surface area contributed by atoms with Crippen LogP contribution in [0, 0.1) is 0 Å². The topological polar surface area (TPSA) is 76.4 Å². The summed E-state index contributed by atoms with van der Waals surface area (Å²) in [4.78, 5) is 34.6. The van der Waals surface area contributed by atoms with Crippen molar-refractivity contribution < 1.29 is 9.53 Å². The number of fused-ring (bicyclic) bond motifs is 2. The molecule has 5 rings (SSSR count). The normalized spacial score (nSPS) is 16.2. The van der Waals surface area contributed by atoms with Crippen molar-refractivity contribution in [1.82, 2.24) is 9.55 Å². The van der Waals surface area contributed by atoms with Crippen molar-refractivity contribution >= 4 is 45.9 Å². The number of hydrogen-bond donors (Lipinski definition) is 1. The van der Waals surface area contributed by atoms with Gasteiger partial charge in [0.1, 0.15) is 0 Å². The molecule has 2 aromatic heterocycles. The molecule has 1 atom stereocenters. The average molecular weight is 464 g/mol. The number of nitrogens with one attached hydrogen (secondary N) is 1. The fourth-order valence-corrected chi connectivity index (χ4v) is 5.17. The Morgan fingerprint density at radius 2 is 1.97 bits per heavy atom.